The van der Waals surface area contributed by atoms with Gasteiger partial charge in [-0.3, -0.25) is 4.98 Å². The predicted octanol–water partition coefficient (Wildman–Crippen LogP) is 0.528. The van der Waals surface area contributed by atoms with Crippen LogP contribution in [-0.2, 0) is 14.8 Å². The second-order valence-electron chi connectivity index (χ2n) is 3.17. The molecule has 0 amide bonds. The van der Waals surface area contributed by atoms with E-state index in [2.05, 4.69) is 20.9 Å². The van der Waals surface area contributed by atoms with E-state index in [1.54, 1.807) is 18.5 Å². The lowest BCUT2D eigenvalue weighted by atomic mass is 10.5. The molecule has 0 unspecified atom stereocenters. The molecule has 0 saturated heterocycles. The van der Waals surface area contributed by atoms with E-state index in [4.69, 9.17) is 14.6 Å². The van der Waals surface area contributed by atoms with Crippen molar-refractivity contribution in [2.75, 3.05) is 25.6 Å². The SMILES string of the molecule is NS(=O)(=O)CCOCCOc1cncc(Br)c1. The first kappa shape index (κ1) is 14.4. The van der Waals surface area contributed by atoms with Crippen LogP contribution in [0.3, 0.4) is 0 Å². The van der Waals surface area contributed by atoms with Gasteiger partial charge in [0.1, 0.15) is 12.4 Å². The summed E-state index contributed by atoms with van der Waals surface area (Å²) < 4.78 is 32.3. The Bertz CT molecular complexity index is 452. The van der Waals surface area contributed by atoms with Gasteiger partial charge in [0.05, 0.1) is 25.2 Å². The van der Waals surface area contributed by atoms with Crippen LogP contribution < -0.4 is 9.88 Å². The molecule has 1 aromatic rings. The standard InChI is InChI=1S/C9H13BrN2O4S/c10-8-5-9(7-12-6-8)16-2-1-15-3-4-17(11,13)14/h5-7H,1-4H2,(H2,11,13,14). The molecule has 17 heavy (non-hydrogen) atoms. The van der Waals surface area contributed by atoms with E-state index < -0.39 is 10.0 Å². The summed E-state index contributed by atoms with van der Waals surface area (Å²) in [5.41, 5.74) is 0. The number of halogens is 1. The summed E-state index contributed by atoms with van der Waals surface area (Å²) in [5.74, 6) is 0.431. The zero-order chi connectivity index (χ0) is 12.7. The number of nitrogens with zero attached hydrogens (tertiary/aromatic N) is 1. The molecule has 0 fully saturated rings. The van der Waals surface area contributed by atoms with Crippen molar-refractivity contribution in [1.29, 1.82) is 0 Å². The van der Waals surface area contributed by atoms with Gasteiger partial charge < -0.3 is 9.47 Å². The van der Waals surface area contributed by atoms with Crippen LogP contribution in [0.25, 0.3) is 0 Å². The third-order valence-corrected chi connectivity index (χ3v) is 2.86. The molecule has 96 valence electrons. The first-order chi connectivity index (χ1) is 7.97. The van der Waals surface area contributed by atoms with Crippen molar-refractivity contribution < 1.29 is 17.9 Å². The molecule has 0 bridgehead atoms. The maximum Gasteiger partial charge on any atom is 0.211 e. The van der Waals surface area contributed by atoms with Gasteiger partial charge in [-0.05, 0) is 22.0 Å². The molecule has 0 radical (unpaired) electrons. The van der Waals surface area contributed by atoms with Crippen molar-refractivity contribution in [3.05, 3.63) is 22.9 Å². The van der Waals surface area contributed by atoms with Gasteiger partial charge in [0.15, 0.2) is 0 Å². The minimum Gasteiger partial charge on any atom is -0.490 e. The molecule has 0 atom stereocenters. The van der Waals surface area contributed by atoms with Crippen molar-refractivity contribution in [3.8, 4) is 5.75 Å². The minimum atomic E-state index is -3.45. The van der Waals surface area contributed by atoms with Gasteiger partial charge >= 0.3 is 0 Å². The maximum absolute atomic E-state index is 10.6. The van der Waals surface area contributed by atoms with E-state index in [0.717, 1.165) is 4.47 Å². The quantitative estimate of drug-likeness (QED) is 0.738. The molecule has 0 aromatic carbocycles. The molecule has 8 heteroatoms. The van der Waals surface area contributed by atoms with Crippen LogP contribution in [0.15, 0.2) is 22.9 Å². The number of rotatable bonds is 7. The smallest absolute Gasteiger partial charge is 0.211 e. The largest absolute Gasteiger partial charge is 0.490 e. The normalized spacial score (nSPS) is 11.4. The lowest BCUT2D eigenvalue weighted by Crippen LogP contribution is -2.21. The molecular formula is C9H13BrN2O4S. The fourth-order valence-electron chi connectivity index (χ4n) is 0.967. The van der Waals surface area contributed by atoms with Gasteiger partial charge in [0.2, 0.25) is 10.0 Å². The van der Waals surface area contributed by atoms with E-state index in [1.165, 1.54) is 0 Å². The Labute approximate surface area is 108 Å². The number of primary sulfonamides is 1. The summed E-state index contributed by atoms with van der Waals surface area (Å²) in [4.78, 5) is 3.92. The molecule has 6 nitrogen and oxygen atoms in total. The third-order valence-electron chi connectivity index (χ3n) is 1.69. The van der Waals surface area contributed by atoms with Crippen LogP contribution in [0.2, 0.25) is 0 Å². The first-order valence-corrected chi connectivity index (χ1v) is 7.30. The molecule has 0 saturated carbocycles. The van der Waals surface area contributed by atoms with Gasteiger partial charge in [-0.1, -0.05) is 0 Å². The average molecular weight is 325 g/mol. The van der Waals surface area contributed by atoms with E-state index in [0.29, 0.717) is 19.0 Å². The van der Waals surface area contributed by atoms with Crippen LogP contribution >= 0.6 is 15.9 Å². The molecule has 2 N–H and O–H groups in total. The number of aromatic nitrogens is 1. The molecule has 1 aromatic heterocycles. The predicted molar refractivity (Wildman–Crippen MR) is 66.2 cm³/mol. The Kier molecular flexibility index (Phi) is 5.83. The first-order valence-electron chi connectivity index (χ1n) is 4.79. The number of hydrogen-bond donors (Lipinski definition) is 1. The highest BCUT2D eigenvalue weighted by molar-refractivity contribution is 9.10. The van der Waals surface area contributed by atoms with Crippen LogP contribution in [-0.4, -0.2) is 39.0 Å². The van der Waals surface area contributed by atoms with E-state index in [9.17, 15) is 8.42 Å². The summed E-state index contributed by atoms with van der Waals surface area (Å²) in [5, 5.41) is 4.81. The number of hydrogen-bond acceptors (Lipinski definition) is 5. The number of nitrogens with two attached hydrogens (primary N) is 1. The lowest BCUT2D eigenvalue weighted by molar-refractivity contribution is 0.111. The molecular weight excluding hydrogens is 312 g/mol. The van der Waals surface area contributed by atoms with Crippen molar-refractivity contribution in [2.45, 2.75) is 0 Å². The second kappa shape index (κ2) is 6.90. The molecule has 0 spiro atoms. The van der Waals surface area contributed by atoms with Crippen LogP contribution in [0, 0.1) is 0 Å². The fraction of sp³-hybridized carbons (Fsp3) is 0.444. The van der Waals surface area contributed by atoms with Gasteiger partial charge in [0.25, 0.3) is 0 Å². The number of ether oxygens (including phenoxy) is 2. The monoisotopic (exact) mass is 324 g/mol. The van der Waals surface area contributed by atoms with Gasteiger partial charge in [-0.15, -0.1) is 0 Å². The maximum atomic E-state index is 10.6. The topological polar surface area (TPSA) is 91.5 Å². The van der Waals surface area contributed by atoms with Crippen molar-refractivity contribution in [3.63, 3.8) is 0 Å². The highest BCUT2D eigenvalue weighted by Crippen LogP contribution is 2.15. The third kappa shape index (κ3) is 7.27. The number of sulfonamides is 1. The highest BCUT2D eigenvalue weighted by atomic mass is 79.9. The zero-order valence-electron chi connectivity index (χ0n) is 9.00. The van der Waals surface area contributed by atoms with Gasteiger partial charge in [0, 0.05) is 10.7 Å². The van der Waals surface area contributed by atoms with E-state index in [1.807, 2.05) is 0 Å². The molecule has 0 aliphatic carbocycles. The zero-order valence-corrected chi connectivity index (χ0v) is 11.4. The molecule has 1 heterocycles. The number of pyridine rings is 1. The average Bonchev–Trinajstić information content (AvgIpc) is 2.22. The van der Waals surface area contributed by atoms with Crippen molar-refractivity contribution in [1.82, 2.24) is 4.98 Å². The Balaban J connectivity index is 2.13. The summed E-state index contributed by atoms with van der Waals surface area (Å²) in [6, 6.07) is 1.78. The Hall–Kier alpha value is -0.700. The highest BCUT2D eigenvalue weighted by Gasteiger charge is 2.01. The van der Waals surface area contributed by atoms with Crippen molar-refractivity contribution >= 4 is 26.0 Å². The molecule has 1 rings (SSSR count). The summed E-state index contributed by atoms with van der Waals surface area (Å²) in [6.45, 7) is 0.684. The summed E-state index contributed by atoms with van der Waals surface area (Å²) in [6.07, 6.45) is 3.23. The Morgan fingerprint density at radius 2 is 2.06 bits per heavy atom. The van der Waals surface area contributed by atoms with E-state index >= 15 is 0 Å². The van der Waals surface area contributed by atoms with Gasteiger partial charge in [-0.2, -0.15) is 0 Å². The van der Waals surface area contributed by atoms with Crippen LogP contribution in [0.4, 0.5) is 0 Å². The van der Waals surface area contributed by atoms with E-state index in [-0.39, 0.29) is 12.4 Å². The van der Waals surface area contributed by atoms with Crippen LogP contribution in [0.5, 0.6) is 5.75 Å². The Morgan fingerprint density at radius 1 is 1.29 bits per heavy atom. The van der Waals surface area contributed by atoms with Gasteiger partial charge in [-0.25, -0.2) is 13.6 Å². The van der Waals surface area contributed by atoms with Crippen molar-refractivity contribution in [2.24, 2.45) is 5.14 Å². The summed E-state index contributed by atoms with van der Waals surface area (Å²) >= 11 is 3.26. The fourth-order valence-corrected chi connectivity index (χ4v) is 1.66. The summed E-state index contributed by atoms with van der Waals surface area (Å²) in [7, 11) is -3.45. The second-order valence-corrected chi connectivity index (χ2v) is 5.82. The molecule has 0 aliphatic heterocycles. The van der Waals surface area contributed by atoms with Crippen LogP contribution in [0.1, 0.15) is 0 Å². The Morgan fingerprint density at radius 3 is 2.71 bits per heavy atom. The minimum absolute atomic E-state index is 0.0684. The molecule has 0 aliphatic rings. The lowest BCUT2D eigenvalue weighted by Gasteiger charge is -2.06.